The lowest BCUT2D eigenvalue weighted by Crippen LogP contribution is -2.22. The number of rotatable bonds is 5. The van der Waals surface area contributed by atoms with Gasteiger partial charge < -0.3 is 5.32 Å². The lowest BCUT2D eigenvalue weighted by atomic mass is 10.0. The zero-order chi connectivity index (χ0) is 12.1. The molecule has 0 saturated carbocycles. The first-order valence-electron chi connectivity index (χ1n) is 5.09. The molecule has 0 radical (unpaired) electrons. The summed E-state index contributed by atoms with van der Waals surface area (Å²) in [5, 5.41) is 3.04. The van der Waals surface area contributed by atoms with E-state index >= 15 is 0 Å². The highest BCUT2D eigenvalue weighted by atomic mass is 79.9. The zero-order valence-electron chi connectivity index (χ0n) is 9.06. The summed E-state index contributed by atoms with van der Waals surface area (Å²) >= 11 is 3.06. The summed E-state index contributed by atoms with van der Waals surface area (Å²) in [4.78, 5) is 0. The summed E-state index contributed by atoms with van der Waals surface area (Å²) in [7, 11) is 0. The van der Waals surface area contributed by atoms with Crippen molar-refractivity contribution in [3.05, 3.63) is 46.5 Å². The van der Waals surface area contributed by atoms with E-state index in [1.54, 1.807) is 6.08 Å². The van der Waals surface area contributed by atoms with Gasteiger partial charge in [0.1, 0.15) is 11.6 Å². The van der Waals surface area contributed by atoms with E-state index in [0.717, 1.165) is 0 Å². The van der Waals surface area contributed by atoms with Crippen LogP contribution in [0.4, 0.5) is 8.78 Å². The highest BCUT2D eigenvalue weighted by molar-refractivity contribution is 9.10. The van der Waals surface area contributed by atoms with E-state index in [-0.39, 0.29) is 16.1 Å². The van der Waals surface area contributed by atoms with Crippen molar-refractivity contribution in [3.63, 3.8) is 0 Å². The van der Waals surface area contributed by atoms with Crippen LogP contribution in [0.5, 0.6) is 0 Å². The van der Waals surface area contributed by atoms with Gasteiger partial charge >= 0.3 is 0 Å². The molecular weight excluding hydrogens is 276 g/mol. The second-order valence-corrected chi connectivity index (χ2v) is 4.25. The summed E-state index contributed by atoms with van der Waals surface area (Å²) in [6.07, 6.45) is 2.13. The van der Waals surface area contributed by atoms with Crippen LogP contribution in [0.15, 0.2) is 29.3 Å². The van der Waals surface area contributed by atoms with Gasteiger partial charge in [0, 0.05) is 11.6 Å². The minimum Gasteiger partial charge on any atom is -0.310 e. The van der Waals surface area contributed by atoms with E-state index < -0.39 is 11.6 Å². The fourth-order valence-corrected chi connectivity index (χ4v) is 1.92. The van der Waals surface area contributed by atoms with Gasteiger partial charge in [0.25, 0.3) is 0 Å². The first-order chi connectivity index (χ1) is 7.61. The van der Waals surface area contributed by atoms with E-state index in [9.17, 15) is 8.78 Å². The molecule has 0 bridgehead atoms. The van der Waals surface area contributed by atoms with Crippen molar-refractivity contribution in [2.75, 3.05) is 6.54 Å². The van der Waals surface area contributed by atoms with Gasteiger partial charge in [0.05, 0.1) is 4.47 Å². The van der Waals surface area contributed by atoms with Crippen molar-refractivity contribution in [2.45, 2.75) is 19.4 Å². The largest absolute Gasteiger partial charge is 0.310 e. The molecule has 0 aliphatic heterocycles. The minimum absolute atomic E-state index is 0.0659. The Morgan fingerprint density at radius 1 is 1.50 bits per heavy atom. The minimum atomic E-state index is -0.548. The number of hydrogen-bond acceptors (Lipinski definition) is 1. The summed E-state index contributed by atoms with van der Waals surface area (Å²) in [5.74, 6) is -1.08. The van der Waals surface area contributed by atoms with Crippen molar-refractivity contribution < 1.29 is 8.78 Å². The molecule has 0 aliphatic rings. The van der Waals surface area contributed by atoms with Crippen LogP contribution in [-0.2, 0) is 0 Å². The van der Waals surface area contributed by atoms with Crippen LogP contribution in [0.25, 0.3) is 0 Å². The Balaban J connectivity index is 3.16. The second-order valence-electron chi connectivity index (χ2n) is 3.39. The molecule has 1 aromatic carbocycles. The standard InChI is InChI=1S/C12H14BrF2N/c1-3-5-10(16-4-2)11-9(14)7-6-8(13)12(11)15/h3,6-7,10,16H,1,4-5H2,2H3. The average Bonchev–Trinajstić information content (AvgIpc) is 2.25. The first kappa shape index (κ1) is 13.3. The number of hydrogen-bond donors (Lipinski definition) is 1. The predicted molar refractivity (Wildman–Crippen MR) is 65.3 cm³/mol. The molecule has 1 nitrogen and oxygen atoms in total. The maximum absolute atomic E-state index is 13.8. The highest BCUT2D eigenvalue weighted by Crippen LogP contribution is 2.28. The average molecular weight is 290 g/mol. The molecule has 16 heavy (non-hydrogen) atoms. The van der Waals surface area contributed by atoms with Gasteiger partial charge in [-0.3, -0.25) is 0 Å². The molecule has 0 aliphatic carbocycles. The van der Waals surface area contributed by atoms with Gasteiger partial charge in [-0.05, 0) is 41.0 Å². The molecule has 88 valence electrons. The zero-order valence-corrected chi connectivity index (χ0v) is 10.7. The molecule has 0 amide bonds. The molecule has 0 fully saturated rings. The second kappa shape index (κ2) is 6.11. The monoisotopic (exact) mass is 289 g/mol. The Kier molecular flexibility index (Phi) is 5.09. The lowest BCUT2D eigenvalue weighted by Gasteiger charge is -2.18. The van der Waals surface area contributed by atoms with Gasteiger partial charge in [-0.15, -0.1) is 6.58 Å². The number of halogens is 3. The molecule has 1 aromatic rings. The Bertz CT molecular complexity index is 380. The van der Waals surface area contributed by atoms with Gasteiger partial charge in [-0.25, -0.2) is 8.78 Å². The van der Waals surface area contributed by atoms with E-state index in [0.29, 0.717) is 13.0 Å². The van der Waals surface area contributed by atoms with Crippen LogP contribution in [0, 0.1) is 11.6 Å². The van der Waals surface area contributed by atoms with Gasteiger partial charge in [-0.2, -0.15) is 0 Å². The van der Waals surface area contributed by atoms with Crippen molar-refractivity contribution in [3.8, 4) is 0 Å². The summed E-state index contributed by atoms with van der Waals surface area (Å²) in [6.45, 7) is 6.13. The van der Waals surface area contributed by atoms with E-state index in [2.05, 4.69) is 27.8 Å². The van der Waals surface area contributed by atoms with Crippen LogP contribution < -0.4 is 5.32 Å². The molecule has 1 atom stereocenters. The molecule has 0 aromatic heterocycles. The molecule has 1 unspecified atom stereocenters. The normalized spacial score (nSPS) is 12.5. The van der Waals surface area contributed by atoms with Crippen molar-refractivity contribution in [1.82, 2.24) is 5.32 Å². The predicted octanol–water partition coefficient (Wildman–Crippen LogP) is 3.95. The maximum atomic E-state index is 13.8. The SMILES string of the molecule is C=CCC(NCC)c1c(F)ccc(Br)c1F. The van der Waals surface area contributed by atoms with Crippen LogP contribution in [-0.4, -0.2) is 6.54 Å². The maximum Gasteiger partial charge on any atom is 0.145 e. The topological polar surface area (TPSA) is 12.0 Å². The fraction of sp³-hybridized carbons (Fsp3) is 0.333. The van der Waals surface area contributed by atoms with Crippen molar-refractivity contribution in [1.29, 1.82) is 0 Å². The third-order valence-corrected chi connectivity index (χ3v) is 2.89. The van der Waals surface area contributed by atoms with E-state index in [1.165, 1.54) is 12.1 Å². The molecule has 4 heteroatoms. The van der Waals surface area contributed by atoms with Crippen LogP contribution in [0.1, 0.15) is 24.9 Å². The Hall–Kier alpha value is -0.740. The van der Waals surface area contributed by atoms with E-state index in [4.69, 9.17) is 0 Å². The molecule has 0 heterocycles. The van der Waals surface area contributed by atoms with Crippen molar-refractivity contribution >= 4 is 15.9 Å². The molecule has 0 saturated heterocycles. The van der Waals surface area contributed by atoms with Gasteiger partial charge in [0.2, 0.25) is 0 Å². The van der Waals surface area contributed by atoms with Crippen LogP contribution in [0.2, 0.25) is 0 Å². The molecule has 1 rings (SSSR count). The summed E-state index contributed by atoms with van der Waals surface area (Å²) in [6, 6.07) is 2.25. The van der Waals surface area contributed by atoms with E-state index in [1.807, 2.05) is 6.92 Å². The van der Waals surface area contributed by atoms with Crippen LogP contribution in [0.3, 0.4) is 0 Å². The Morgan fingerprint density at radius 2 is 2.19 bits per heavy atom. The van der Waals surface area contributed by atoms with Crippen LogP contribution >= 0.6 is 15.9 Å². The third-order valence-electron chi connectivity index (χ3n) is 2.28. The molecular formula is C12H14BrF2N. The summed E-state index contributed by atoms with van der Waals surface area (Å²) in [5.41, 5.74) is 0.0659. The van der Waals surface area contributed by atoms with Gasteiger partial charge in [-0.1, -0.05) is 13.0 Å². The summed E-state index contributed by atoms with van der Waals surface area (Å²) < 4.78 is 27.7. The van der Waals surface area contributed by atoms with Crippen molar-refractivity contribution in [2.24, 2.45) is 0 Å². The Labute approximate surface area is 103 Å². The van der Waals surface area contributed by atoms with Gasteiger partial charge in [0.15, 0.2) is 0 Å². The first-order valence-corrected chi connectivity index (χ1v) is 5.88. The smallest absolute Gasteiger partial charge is 0.145 e. The molecule has 0 spiro atoms. The molecule has 1 N–H and O–H groups in total. The Morgan fingerprint density at radius 3 is 2.75 bits per heavy atom. The highest BCUT2D eigenvalue weighted by Gasteiger charge is 2.20. The quantitative estimate of drug-likeness (QED) is 0.639. The number of nitrogens with one attached hydrogen (secondary N) is 1. The third kappa shape index (κ3) is 2.89. The number of benzene rings is 1. The lowest BCUT2D eigenvalue weighted by molar-refractivity contribution is 0.475. The fourth-order valence-electron chi connectivity index (χ4n) is 1.58.